The van der Waals surface area contributed by atoms with Crippen LogP contribution in [0.2, 0.25) is 10.6 Å². The zero-order valence-corrected chi connectivity index (χ0v) is 51.7. The van der Waals surface area contributed by atoms with Gasteiger partial charge in [0.15, 0.2) is 23.3 Å². The van der Waals surface area contributed by atoms with E-state index in [0.29, 0.717) is 69.2 Å². The quantitative estimate of drug-likeness (QED) is 0.0752. The molecule has 2 aromatic carbocycles. The maximum Gasteiger partial charge on any atom is 0.341 e. The van der Waals surface area contributed by atoms with Crippen LogP contribution in [0, 0.1) is 58.5 Å². The molecule has 468 valence electrons. The number of amides is 4. The van der Waals surface area contributed by atoms with Gasteiger partial charge < -0.3 is 25.8 Å². The number of aromatic nitrogens is 6. The lowest BCUT2D eigenvalue weighted by Crippen LogP contribution is -2.52. The van der Waals surface area contributed by atoms with Gasteiger partial charge in [-0.25, -0.2) is 75.3 Å². The van der Waals surface area contributed by atoms with E-state index >= 15 is 0 Å². The monoisotopic (exact) mass is 1310 g/mol. The van der Waals surface area contributed by atoms with Crippen molar-refractivity contribution in [3.63, 3.8) is 0 Å². The number of hydrogen-bond acceptors (Lipinski definition) is 16. The molecule has 7 heterocycles. The average Bonchev–Trinajstić information content (AvgIpc) is 2.81. The molecule has 4 amide bonds. The second-order valence-corrected chi connectivity index (χ2v) is 20.8. The van der Waals surface area contributed by atoms with Crippen molar-refractivity contribution in [2.75, 3.05) is 63.0 Å². The Kier molecular flexibility index (Phi) is 30.0. The summed E-state index contributed by atoms with van der Waals surface area (Å²) in [6, 6.07) is 4.89. The van der Waals surface area contributed by atoms with Gasteiger partial charge in [-0.3, -0.25) is 14.4 Å². The standard InChI is InChI=1S/C23H25F3N6O2.C14H16F2N4O.C9H10ClFN2O.C4H3ClFN3.C4H7ClO.2H2S/c1-14(2)21(33)12-19-18(26)13-27-22(29-19)30-5-7-31(8-6-30)23(34)32-20(3-4-28-32)15-9-16(24)11-17(25)10-15;15-11-7-10(8-12(16)9-11)13-1-2-18-20(13)14(21)19-5-3-17-4-6-19;1-5(2)8(14)3-7-6(11)4-12-9(10)13-7;5-4-8-1-2(6)3(7)9-4;1-3(2)4(5)6;;/h4,9-11,13-14,20H,3,5-8,12H2,1-2H3;2,7-9,13,17H,1,3-6H2;4-5H,3H2,1-2H3;1H,(H2,7,8,9);3H,1-2H3;2*1H2/t20-;13-;;;;;/m00...../s1. The minimum atomic E-state index is -0.711. The van der Waals surface area contributed by atoms with Gasteiger partial charge in [0.25, 0.3) is 0 Å². The molecule has 86 heavy (non-hydrogen) atoms. The molecular formula is C54H65Cl3F7N15O5S2. The molecule has 9 rings (SSSR count). The lowest BCUT2D eigenvalue weighted by Gasteiger charge is -2.37. The van der Waals surface area contributed by atoms with Gasteiger partial charge in [0.05, 0.1) is 54.9 Å². The third kappa shape index (κ3) is 22.2. The number of ketones is 2. The number of nitrogen functional groups attached to an aromatic ring is 1. The Morgan fingerprint density at radius 3 is 1.34 bits per heavy atom. The van der Waals surface area contributed by atoms with Crippen LogP contribution in [-0.2, 0) is 27.2 Å². The highest BCUT2D eigenvalue weighted by molar-refractivity contribution is 7.59. The summed E-state index contributed by atoms with van der Waals surface area (Å²) in [4.78, 5) is 86.0. The van der Waals surface area contributed by atoms with Crippen LogP contribution in [0.4, 0.5) is 52.1 Å². The van der Waals surface area contributed by atoms with Crippen molar-refractivity contribution in [1.29, 1.82) is 0 Å². The number of nitrogens with zero attached hydrogens (tertiary/aromatic N) is 13. The highest BCUT2D eigenvalue weighted by atomic mass is 35.5. The first-order chi connectivity index (χ1) is 39.7. The molecule has 0 radical (unpaired) electrons. The van der Waals surface area contributed by atoms with Gasteiger partial charge in [-0.05, 0) is 70.2 Å². The number of Topliss-reactive ketones (excluding diaryl/α,β-unsaturated/α-hetero) is 2. The molecule has 5 aromatic rings. The summed E-state index contributed by atoms with van der Waals surface area (Å²) in [6.45, 7) is 14.7. The van der Waals surface area contributed by atoms with Crippen molar-refractivity contribution >= 4 is 115 Å². The Labute approximate surface area is 521 Å². The molecular weight excluding hydrogens is 1240 g/mol. The number of halogens is 10. The van der Waals surface area contributed by atoms with Crippen LogP contribution in [0.1, 0.15) is 89.0 Å². The lowest BCUT2D eigenvalue weighted by atomic mass is 10.0. The van der Waals surface area contributed by atoms with Crippen molar-refractivity contribution in [1.82, 2.24) is 55.0 Å². The molecule has 0 aliphatic carbocycles. The molecule has 2 saturated heterocycles. The molecule has 0 spiro atoms. The number of hydrogen-bond donors (Lipinski definition) is 2. The number of piperazine rings is 2. The third-order valence-electron chi connectivity index (χ3n) is 12.6. The zero-order chi connectivity index (χ0) is 61.9. The van der Waals surface area contributed by atoms with E-state index in [1.165, 1.54) is 34.3 Å². The van der Waals surface area contributed by atoms with Crippen LogP contribution in [0.25, 0.3) is 0 Å². The Bertz CT molecular complexity index is 3150. The first kappa shape index (κ1) is 73.5. The minimum Gasteiger partial charge on any atom is -0.381 e. The van der Waals surface area contributed by atoms with Gasteiger partial charge in [0.2, 0.25) is 21.8 Å². The maximum atomic E-state index is 14.1. The summed E-state index contributed by atoms with van der Waals surface area (Å²) in [6.07, 6.45) is 6.78. The van der Waals surface area contributed by atoms with Crippen LogP contribution < -0.4 is 16.0 Å². The van der Waals surface area contributed by atoms with E-state index in [-0.39, 0.29) is 114 Å². The fourth-order valence-electron chi connectivity index (χ4n) is 7.80. The number of carbonyl (C=O) groups is 5. The average molecular weight is 1310 g/mol. The Morgan fingerprint density at radius 2 is 0.942 bits per heavy atom. The number of nitrogens with two attached hydrogens (primary N) is 1. The molecule has 4 aliphatic heterocycles. The first-order valence-electron chi connectivity index (χ1n) is 26.2. The third-order valence-corrected chi connectivity index (χ3v) is 13.4. The van der Waals surface area contributed by atoms with Crippen molar-refractivity contribution in [2.24, 2.45) is 28.0 Å². The van der Waals surface area contributed by atoms with Gasteiger partial charge in [-0.1, -0.05) is 41.5 Å². The maximum absolute atomic E-state index is 14.1. The van der Waals surface area contributed by atoms with Crippen molar-refractivity contribution in [2.45, 2.75) is 79.3 Å². The van der Waals surface area contributed by atoms with Crippen LogP contribution in [-0.4, -0.2) is 143 Å². The predicted octanol–water partition coefficient (Wildman–Crippen LogP) is 9.58. The molecule has 0 unspecified atom stereocenters. The fourth-order valence-corrected chi connectivity index (χ4v) is 8.09. The molecule has 32 heteroatoms. The second kappa shape index (κ2) is 35.1. The number of nitrogens with one attached hydrogen (secondary N) is 1. The molecule has 4 aliphatic rings. The zero-order valence-electron chi connectivity index (χ0n) is 47.4. The van der Waals surface area contributed by atoms with Gasteiger partial charge >= 0.3 is 12.1 Å². The minimum absolute atomic E-state index is 0. The Morgan fingerprint density at radius 1 is 0.558 bits per heavy atom. The van der Waals surface area contributed by atoms with Crippen LogP contribution in [0.5, 0.6) is 0 Å². The van der Waals surface area contributed by atoms with Crippen LogP contribution >= 0.6 is 61.8 Å². The van der Waals surface area contributed by atoms with E-state index in [2.05, 4.69) is 45.4 Å². The lowest BCUT2D eigenvalue weighted by molar-refractivity contribution is -0.122. The van der Waals surface area contributed by atoms with E-state index < -0.39 is 52.8 Å². The van der Waals surface area contributed by atoms with Gasteiger partial charge in [0, 0.05) is 108 Å². The van der Waals surface area contributed by atoms with E-state index in [0.717, 1.165) is 43.8 Å². The number of hydrazone groups is 2. The number of carbonyl (C=O) groups excluding carboxylic acids is 5. The van der Waals surface area contributed by atoms with Crippen LogP contribution in [0.3, 0.4) is 0 Å². The topological polar surface area (TPSA) is 242 Å². The summed E-state index contributed by atoms with van der Waals surface area (Å²) in [5.41, 5.74) is 5.89. The highest BCUT2D eigenvalue weighted by Gasteiger charge is 2.35. The summed E-state index contributed by atoms with van der Waals surface area (Å²) in [7, 11) is 0. The first-order valence-corrected chi connectivity index (χ1v) is 27.3. The summed E-state index contributed by atoms with van der Waals surface area (Å²) >= 11 is 15.7. The molecule has 2 atom stereocenters. The molecule has 0 bridgehead atoms. The van der Waals surface area contributed by atoms with Crippen LogP contribution in [0.15, 0.2) is 65.2 Å². The number of anilines is 2. The molecule has 3 aromatic heterocycles. The normalized spacial score (nSPS) is 15.9. The van der Waals surface area contributed by atoms with Gasteiger partial charge in [-0.15, -0.1) is 0 Å². The van der Waals surface area contributed by atoms with Gasteiger partial charge in [0.1, 0.15) is 34.8 Å². The van der Waals surface area contributed by atoms with E-state index in [4.69, 9.17) is 40.5 Å². The van der Waals surface area contributed by atoms with E-state index in [1.807, 2.05) is 4.90 Å². The second-order valence-electron chi connectivity index (χ2n) is 19.8. The summed E-state index contributed by atoms with van der Waals surface area (Å²) in [5.74, 6) is -5.09. The largest absolute Gasteiger partial charge is 0.381 e. The smallest absolute Gasteiger partial charge is 0.341 e. The van der Waals surface area contributed by atoms with Crippen molar-refractivity contribution in [3.05, 3.63) is 129 Å². The SMILES string of the molecule is CC(C)C(=O)Cc1nc(Cl)ncc1F.CC(C)C(=O)Cc1nc(N2CCN(C(=O)N3N=CC[C@H]3c3cc(F)cc(F)c3)CC2)ncc1F.CC(C)C(=O)Cl.Nc1nc(Cl)ncc1F.O=C(N1CCNCC1)N1N=CC[C@H]1c1cc(F)cc(F)c1.S.S. The molecule has 2 fully saturated rings. The number of benzene rings is 2. The number of rotatable bonds is 10. The number of urea groups is 2. The fraction of sp³-hybridized carbons (Fsp3) is 0.426. The van der Waals surface area contributed by atoms with Gasteiger partial charge in [-0.2, -0.15) is 42.2 Å². The summed E-state index contributed by atoms with van der Waals surface area (Å²) < 4.78 is 93.4. The molecule has 0 saturated carbocycles. The molecule has 3 N–H and O–H groups in total. The molecule has 20 nitrogen and oxygen atoms in total. The Balaban J connectivity index is 0.000000317. The van der Waals surface area contributed by atoms with E-state index in [9.17, 15) is 54.7 Å². The Hall–Kier alpha value is -6.79. The summed E-state index contributed by atoms with van der Waals surface area (Å²) in [5, 5.41) is 13.6. The predicted molar refractivity (Wildman–Crippen MR) is 321 cm³/mol. The van der Waals surface area contributed by atoms with Crippen molar-refractivity contribution in [3.8, 4) is 0 Å². The highest BCUT2D eigenvalue weighted by Crippen LogP contribution is 2.32. The van der Waals surface area contributed by atoms with Crippen molar-refractivity contribution < 1.29 is 54.7 Å². The van der Waals surface area contributed by atoms with E-state index in [1.54, 1.807) is 63.8 Å².